The maximum atomic E-state index is 11.0. The van der Waals surface area contributed by atoms with Crippen molar-refractivity contribution >= 4 is 11.5 Å². The molecule has 0 aliphatic carbocycles. The highest BCUT2D eigenvalue weighted by molar-refractivity contribution is 5.95. The van der Waals surface area contributed by atoms with Gasteiger partial charge in [-0.05, 0) is 44.2 Å². The third-order valence-electron chi connectivity index (χ3n) is 2.51. The van der Waals surface area contributed by atoms with E-state index in [9.17, 15) is 4.79 Å². The van der Waals surface area contributed by atoms with E-state index in [0.717, 1.165) is 11.4 Å². The Hall–Kier alpha value is -2.03. The van der Waals surface area contributed by atoms with Crippen LogP contribution in [0.25, 0.3) is 0 Å². The molecule has 0 spiro atoms. The number of rotatable bonds is 6. The highest BCUT2D eigenvalue weighted by Crippen LogP contribution is 2.18. The molecule has 1 rings (SSSR count). The fraction of sp³-hybridized carbons (Fsp3) is 0.389. The van der Waals surface area contributed by atoms with Gasteiger partial charge in [0, 0.05) is 24.5 Å². The molecule has 3 nitrogen and oxygen atoms in total. The molecule has 0 N–H and O–H groups in total. The number of hydrogen-bond donors (Lipinski definition) is 0. The molecule has 0 bridgehead atoms. The van der Waals surface area contributed by atoms with Crippen molar-refractivity contribution in [2.75, 3.05) is 18.6 Å². The first-order valence-electron chi connectivity index (χ1n) is 7.29. The Balaban J connectivity index is 0.00000122. The lowest BCUT2D eigenvalue weighted by Gasteiger charge is -2.14. The molecule has 0 fully saturated rings. The summed E-state index contributed by atoms with van der Waals surface area (Å²) in [4.78, 5) is 12.9. The van der Waals surface area contributed by atoms with Crippen LogP contribution >= 0.6 is 0 Å². The summed E-state index contributed by atoms with van der Waals surface area (Å²) in [7, 11) is 1.92. The predicted molar refractivity (Wildman–Crippen MR) is 90.9 cm³/mol. The van der Waals surface area contributed by atoms with Crippen molar-refractivity contribution in [1.29, 1.82) is 0 Å². The Kier molecular flexibility index (Phi) is 9.69. The second-order valence-electron chi connectivity index (χ2n) is 4.64. The molecule has 0 saturated carbocycles. The van der Waals surface area contributed by atoms with Gasteiger partial charge in [-0.3, -0.25) is 4.79 Å². The molecule has 0 aliphatic heterocycles. The topological polar surface area (TPSA) is 29.5 Å². The zero-order valence-corrected chi connectivity index (χ0v) is 13.8. The maximum absolute atomic E-state index is 11.0. The van der Waals surface area contributed by atoms with Crippen molar-refractivity contribution in [3.05, 3.63) is 48.7 Å². The molecule has 0 unspecified atom stereocenters. The summed E-state index contributed by atoms with van der Waals surface area (Å²) in [6.45, 7) is 12.0. The van der Waals surface area contributed by atoms with Crippen LogP contribution in [0.4, 0.5) is 5.69 Å². The van der Waals surface area contributed by atoms with Gasteiger partial charge < -0.3 is 9.64 Å². The lowest BCUT2D eigenvalue weighted by molar-refractivity contribution is -0.113. The van der Waals surface area contributed by atoms with Crippen molar-refractivity contribution in [2.45, 2.75) is 34.1 Å². The fourth-order valence-electron chi connectivity index (χ4n) is 1.35. The molecule has 116 valence electrons. The quantitative estimate of drug-likeness (QED) is 0.566. The molecule has 1 aromatic rings. The molecule has 21 heavy (non-hydrogen) atoms. The molecule has 0 saturated heterocycles. The zero-order valence-electron chi connectivity index (χ0n) is 13.8. The number of Topliss-reactive ketones (excluding diaryl/α,β-unsaturated/α-hetero) is 1. The van der Waals surface area contributed by atoms with Crippen LogP contribution in [0, 0.1) is 0 Å². The van der Waals surface area contributed by atoms with Crippen LogP contribution in [0.3, 0.4) is 0 Å². The van der Waals surface area contributed by atoms with Gasteiger partial charge in [0.25, 0.3) is 0 Å². The van der Waals surface area contributed by atoms with Crippen LogP contribution in [-0.4, -0.2) is 19.4 Å². The highest BCUT2D eigenvalue weighted by Gasteiger charge is 1.99. The standard InChI is InChI=1S/C15H19NO2.C3H8/c1-5-18-15-8-6-14(7-9-15)16(4)11-10-12(2)13(3)17;1-3-2/h6-11H,2,5H2,1,3-4H3;3H2,1-2H3/b11-10-;. The van der Waals surface area contributed by atoms with Crippen LogP contribution in [0.15, 0.2) is 48.7 Å². The Bertz CT molecular complexity index is 461. The van der Waals surface area contributed by atoms with Gasteiger partial charge in [-0.2, -0.15) is 0 Å². The van der Waals surface area contributed by atoms with Crippen LogP contribution in [0.5, 0.6) is 5.75 Å². The van der Waals surface area contributed by atoms with Gasteiger partial charge in [0.15, 0.2) is 5.78 Å². The fourth-order valence-corrected chi connectivity index (χ4v) is 1.35. The minimum absolute atomic E-state index is 0.0219. The summed E-state index contributed by atoms with van der Waals surface area (Å²) in [6.07, 6.45) is 4.78. The van der Waals surface area contributed by atoms with E-state index in [1.807, 2.05) is 49.3 Å². The monoisotopic (exact) mass is 289 g/mol. The van der Waals surface area contributed by atoms with Crippen LogP contribution < -0.4 is 9.64 Å². The smallest absolute Gasteiger partial charge is 0.159 e. The minimum Gasteiger partial charge on any atom is -0.494 e. The summed E-state index contributed by atoms with van der Waals surface area (Å²) < 4.78 is 5.37. The number of hydrogen-bond acceptors (Lipinski definition) is 3. The Labute approximate surface area is 128 Å². The Morgan fingerprint density at radius 3 is 2.19 bits per heavy atom. The summed E-state index contributed by atoms with van der Waals surface area (Å²) in [5.74, 6) is 0.832. The van der Waals surface area contributed by atoms with Crippen LogP contribution in [0.1, 0.15) is 34.1 Å². The molecule has 0 aliphatic rings. The normalized spacial score (nSPS) is 9.76. The lowest BCUT2D eigenvalue weighted by atomic mass is 10.2. The van der Waals surface area contributed by atoms with Crippen LogP contribution in [0.2, 0.25) is 0 Å². The summed E-state index contributed by atoms with van der Waals surface area (Å²) in [5, 5.41) is 0. The lowest BCUT2D eigenvalue weighted by Crippen LogP contribution is -2.08. The van der Waals surface area contributed by atoms with E-state index in [1.54, 1.807) is 6.08 Å². The van der Waals surface area contributed by atoms with E-state index in [4.69, 9.17) is 4.74 Å². The average molecular weight is 289 g/mol. The molecule has 3 heteroatoms. The molecule has 0 heterocycles. The van der Waals surface area contributed by atoms with Crippen molar-refractivity contribution in [3.63, 3.8) is 0 Å². The third-order valence-corrected chi connectivity index (χ3v) is 2.51. The van der Waals surface area contributed by atoms with Crippen molar-refractivity contribution < 1.29 is 9.53 Å². The Morgan fingerprint density at radius 2 is 1.76 bits per heavy atom. The van der Waals surface area contributed by atoms with Crippen LogP contribution in [-0.2, 0) is 4.79 Å². The number of allylic oxidation sites excluding steroid dienone is 2. The molecule has 1 aromatic carbocycles. The zero-order chi connectivity index (χ0) is 16.3. The number of carbonyl (C=O) groups is 1. The van der Waals surface area contributed by atoms with E-state index < -0.39 is 0 Å². The largest absolute Gasteiger partial charge is 0.494 e. The summed E-state index contributed by atoms with van der Waals surface area (Å²) in [5.41, 5.74) is 1.51. The van der Waals surface area contributed by atoms with Gasteiger partial charge in [-0.15, -0.1) is 0 Å². The first kappa shape index (κ1) is 19.0. The maximum Gasteiger partial charge on any atom is 0.159 e. The van der Waals surface area contributed by atoms with Gasteiger partial charge >= 0.3 is 0 Å². The minimum atomic E-state index is -0.0219. The first-order valence-corrected chi connectivity index (χ1v) is 7.29. The molecule has 0 radical (unpaired) electrons. The van der Waals surface area contributed by atoms with E-state index in [0.29, 0.717) is 12.2 Å². The van der Waals surface area contributed by atoms with Gasteiger partial charge in [0.1, 0.15) is 5.75 Å². The summed E-state index contributed by atoms with van der Waals surface area (Å²) >= 11 is 0. The van der Waals surface area contributed by atoms with Gasteiger partial charge in [-0.25, -0.2) is 0 Å². The second-order valence-corrected chi connectivity index (χ2v) is 4.64. The van der Waals surface area contributed by atoms with Gasteiger partial charge in [-0.1, -0.05) is 26.8 Å². The van der Waals surface area contributed by atoms with E-state index in [2.05, 4.69) is 20.4 Å². The molecule has 0 aromatic heterocycles. The van der Waals surface area contributed by atoms with E-state index >= 15 is 0 Å². The molecule has 0 amide bonds. The molecular formula is C18H27NO2. The van der Waals surface area contributed by atoms with E-state index in [-0.39, 0.29) is 5.78 Å². The van der Waals surface area contributed by atoms with Gasteiger partial charge in [0.05, 0.1) is 6.61 Å². The highest BCUT2D eigenvalue weighted by atomic mass is 16.5. The second kappa shape index (κ2) is 10.7. The van der Waals surface area contributed by atoms with Gasteiger partial charge in [0.2, 0.25) is 0 Å². The number of ketones is 1. The number of carbonyl (C=O) groups excluding carboxylic acids is 1. The number of anilines is 1. The molecular weight excluding hydrogens is 262 g/mol. The number of ether oxygens (including phenoxy) is 1. The van der Waals surface area contributed by atoms with Crippen molar-refractivity contribution in [1.82, 2.24) is 0 Å². The van der Waals surface area contributed by atoms with Crippen molar-refractivity contribution in [3.8, 4) is 5.75 Å². The number of nitrogens with zero attached hydrogens (tertiary/aromatic N) is 1. The SMILES string of the molecule is C=C(/C=C\N(C)c1ccc(OCC)cc1)C(C)=O.CCC. The predicted octanol–water partition coefficient (Wildman–Crippen LogP) is 4.60. The number of benzene rings is 1. The van der Waals surface area contributed by atoms with Crippen molar-refractivity contribution in [2.24, 2.45) is 0 Å². The average Bonchev–Trinajstić information content (AvgIpc) is 2.46. The Morgan fingerprint density at radius 1 is 1.24 bits per heavy atom. The third kappa shape index (κ3) is 7.98. The molecule has 0 atom stereocenters. The first-order chi connectivity index (χ1) is 9.96. The van der Waals surface area contributed by atoms with E-state index in [1.165, 1.54) is 13.3 Å². The summed E-state index contributed by atoms with van der Waals surface area (Å²) in [6, 6.07) is 7.77.